The molecule has 0 bridgehead atoms. The molecule has 19 heavy (non-hydrogen) atoms. The zero-order valence-electron chi connectivity index (χ0n) is 10.3. The van der Waals surface area contributed by atoms with Crippen molar-refractivity contribution in [1.82, 2.24) is 9.97 Å². The Labute approximate surface area is 119 Å². The molecular formula is C14H11ClN2OS. The van der Waals surface area contributed by atoms with Crippen LogP contribution in [0.15, 0.2) is 36.0 Å². The summed E-state index contributed by atoms with van der Waals surface area (Å²) in [5.41, 5.74) is 1.97. The summed E-state index contributed by atoms with van der Waals surface area (Å²) in [4.78, 5) is 8.39. The van der Waals surface area contributed by atoms with Crippen LogP contribution in [0.3, 0.4) is 0 Å². The average molecular weight is 291 g/mol. The van der Waals surface area contributed by atoms with Gasteiger partial charge in [0.2, 0.25) is 5.88 Å². The van der Waals surface area contributed by atoms with Gasteiger partial charge in [0.1, 0.15) is 16.8 Å². The fraction of sp³-hybridized carbons (Fsp3) is 0.143. The molecule has 5 heteroatoms. The van der Waals surface area contributed by atoms with Gasteiger partial charge in [0.05, 0.1) is 5.52 Å². The molecule has 3 nitrogen and oxygen atoms in total. The van der Waals surface area contributed by atoms with E-state index in [4.69, 9.17) is 16.3 Å². The van der Waals surface area contributed by atoms with Crippen LogP contribution in [0.25, 0.3) is 10.2 Å². The van der Waals surface area contributed by atoms with Crippen LogP contribution in [0.2, 0.25) is 5.02 Å². The molecule has 0 spiro atoms. The number of hydrogen-bond acceptors (Lipinski definition) is 4. The van der Waals surface area contributed by atoms with Crippen LogP contribution in [-0.2, 0) is 6.42 Å². The third-order valence-electron chi connectivity index (χ3n) is 2.82. The van der Waals surface area contributed by atoms with E-state index < -0.39 is 0 Å². The van der Waals surface area contributed by atoms with E-state index in [9.17, 15) is 0 Å². The second-order valence-corrected chi connectivity index (χ2v) is 5.35. The first-order valence-corrected chi connectivity index (χ1v) is 7.18. The highest BCUT2D eigenvalue weighted by Crippen LogP contribution is 2.31. The maximum Gasteiger partial charge on any atom is 0.240 e. The van der Waals surface area contributed by atoms with E-state index in [0.29, 0.717) is 5.88 Å². The number of benzene rings is 1. The molecule has 2 aromatic heterocycles. The Balaban J connectivity index is 1.99. The summed E-state index contributed by atoms with van der Waals surface area (Å²) in [6.07, 6.45) is 2.38. The third-order valence-corrected chi connectivity index (χ3v) is 4.08. The Hall–Kier alpha value is -1.65. The van der Waals surface area contributed by atoms with Crippen molar-refractivity contribution < 1.29 is 4.74 Å². The minimum Gasteiger partial charge on any atom is -0.437 e. The zero-order valence-corrected chi connectivity index (χ0v) is 11.8. The summed E-state index contributed by atoms with van der Waals surface area (Å²) in [7, 11) is 0. The van der Waals surface area contributed by atoms with E-state index in [1.165, 1.54) is 6.33 Å². The van der Waals surface area contributed by atoms with Crippen LogP contribution in [0.5, 0.6) is 11.6 Å². The van der Waals surface area contributed by atoms with Gasteiger partial charge in [0.25, 0.3) is 0 Å². The van der Waals surface area contributed by atoms with Crippen LogP contribution in [0.1, 0.15) is 12.5 Å². The molecule has 0 fully saturated rings. The van der Waals surface area contributed by atoms with Gasteiger partial charge in [-0.15, -0.1) is 11.3 Å². The standard InChI is InChI=1S/C14H11ClN2OS/c1-2-9-7-10(3-4-11(9)15)18-14-13-12(5-6-19-13)16-8-17-14/h3-8H,2H2,1H3. The summed E-state index contributed by atoms with van der Waals surface area (Å²) in [5.74, 6) is 1.33. The van der Waals surface area contributed by atoms with Crippen molar-refractivity contribution in [2.45, 2.75) is 13.3 Å². The molecule has 0 amide bonds. The highest BCUT2D eigenvalue weighted by molar-refractivity contribution is 7.17. The fourth-order valence-electron chi connectivity index (χ4n) is 1.84. The van der Waals surface area contributed by atoms with E-state index in [1.807, 2.05) is 29.6 Å². The quantitative estimate of drug-likeness (QED) is 0.701. The molecule has 3 aromatic rings. The van der Waals surface area contributed by atoms with Crippen molar-refractivity contribution in [3.05, 3.63) is 46.6 Å². The van der Waals surface area contributed by atoms with Crippen LogP contribution in [-0.4, -0.2) is 9.97 Å². The van der Waals surface area contributed by atoms with Crippen LogP contribution < -0.4 is 4.74 Å². The van der Waals surface area contributed by atoms with Crippen LogP contribution in [0.4, 0.5) is 0 Å². The monoisotopic (exact) mass is 290 g/mol. The number of hydrogen-bond donors (Lipinski definition) is 0. The van der Waals surface area contributed by atoms with Gasteiger partial charge in [-0.25, -0.2) is 9.97 Å². The van der Waals surface area contributed by atoms with Gasteiger partial charge >= 0.3 is 0 Å². The van der Waals surface area contributed by atoms with Gasteiger partial charge in [0.15, 0.2) is 0 Å². The van der Waals surface area contributed by atoms with Crippen molar-refractivity contribution in [1.29, 1.82) is 0 Å². The summed E-state index contributed by atoms with van der Waals surface area (Å²) in [6.45, 7) is 2.06. The molecule has 2 heterocycles. The second-order valence-electron chi connectivity index (χ2n) is 4.02. The van der Waals surface area contributed by atoms with Crippen molar-refractivity contribution in [2.75, 3.05) is 0 Å². The molecule has 0 unspecified atom stereocenters. The number of aromatic nitrogens is 2. The number of fused-ring (bicyclic) bond motifs is 1. The molecule has 0 atom stereocenters. The Morgan fingerprint density at radius 1 is 1.26 bits per heavy atom. The van der Waals surface area contributed by atoms with E-state index in [0.717, 1.165) is 33.0 Å². The molecular weight excluding hydrogens is 280 g/mol. The van der Waals surface area contributed by atoms with Gasteiger partial charge < -0.3 is 4.74 Å². The van der Waals surface area contributed by atoms with Gasteiger partial charge in [-0.3, -0.25) is 0 Å². The number of rotatable bonds is 3. The average Bonchev–Trinajstić information content (AvgIpc) is 2.90. The number of halogens is 1. The Bertz CT molecular complexity index is 726. The van der Waals surface area contributed by atoms with E-state index in [2.05, 4.69) is 16.9 Å². The lowest BCUT2D eigenvalue weighted by Crippen LogP contribution is -1.91. The first-order chi connectivity index (χ1) is 9.28. The molecule has 0 radical (unpaired) electrons. The smallest absolute Gasteiger partial charge is 0.240 e. The minimum absolute atomic E-state index is 0.587. The Morgan fingerprint density at radius 2 is 2.16 bits per heavy atom. The van der Waals surface area contributed by atoms with Crippen molar-refractivity contribution in [3.8, 4) is 11.6 Å². The molecule has 0 aliphatic carbocycles. The van der Waals surface area contributed by atoms with E-state index in [1.54, 1.807) is 11.3 Å². The Morgan fingerprint density at radius 3 is 3.00 bits per heavy atom. The van der Waals surface area contributed by atoms with Gasteiger partial charge in [0, 0.05) is 5.02 Å². The maximum absolute atomic E-state index is 6.10. The second kappa shape index (κ2) is 5.15. The highest BCUT2D eigenvalue weighted by atomic mass is 35.5. The van der Waals surface area contributed by atoms with Crippen LogP contribution in [0, 0.1) is 0 Å². The number of thiophene rings is 1. The molecule has 0 aliphatic rings. The number of ether oxygens (including phenoxy) is 1. The number of nitrogens with zero attached hydrogens (tertiary/aromatic N) is 2. The molecule has 0 N–H and O–H groups in total. The van der Waals surface area contributed by atoms with Crippen LogP contribution >= 0.6 is 22.9 Å². The van der Waals surface area contributed by atoms with Crippen molar-refractivity contribution in [3.63, 3.8) is 0 Å². The first-order valence-electron chi connectivity index (χ1n) is 5.92. The van der Waals surface area contributed by atoms with E-state index in [-0.39, 0.29) is 0 Å². The molecule has 3 rings (SSSR count). The summed E-state index contributed by atoms with van der Waals surface area (Å²) >= 11 is 7.67. The predicted molar refractivity (Wildman–Crippen MR) is 78.3 cm³/mol. The third kappa shape index (κ3) is 2.41. The highest BCUT2D eigenvalue weighted by Gasteiger charge is 2.08. The van der Waals surface area contributed by atoms with Gasteiger partial charge in [-0.2, -0.15) is 0 Å². The lowest BCUT2D eigenvalue weighted by molar-refractivity contribution is 0.468. The van der Waals surface area contributed by atoms with Crippen molar-refractivity contribution >= 4 is 33.2 Å². The van der Waals surface area contributed by atoms with E-state index >= 15 is 0 Å². The van der Waals surface area contributed by atoms with Gasteiger partial charge in [-0.05, 0) is 41.6 Å². The topological polar surface area (TPSA) is 35.0 Å². The maximum atomic E-state index is 6.10. The molecule has 0 aliphatic heterocycles. The summed E-state index contributed by atoms with van der Waals surface area (Å²) in [6, 6.07) is 7.60. The SMILES string of the molecule is CCc1cc(Oc2ncnc3ccsc23)ccc1Cl. The normalized spacial score (nSPS) is 10.8. The first kappa shape index (κ1) is 12.4. The molecule has 0 saturated carbocycles. The lowest BCUT2D eigenvalue weighted by atomic mass is 10.1. The largest absolute Gasteiger partial charge is 0.437 e. The fourth-order valence-corrected chi connectivity index (χ4v) is 2.86. The molecule has 1 aromatic carbocycles. The molecule has 0 saturated heterocycles. The molecule has 96 valence electrons. The lowest BCUT2D eigenvalue weighted by Gasteiger charge is -2.07. The van der Waals surface area contributed by atoms with Crippen molar-refractivity contribution in [2.24, 2.45) is 0 Å². The summed E-state index contributed by atoms with van der Waals surface area (Å²) in [5, 5.41) is 2.74. The predicted octanol–water partition coefficient (Wildman–Crippen LogP) is 4.70. The van der Waals surface area contributed by atoms with Gasteiger partial charge in [-0.1, -0.05) is 18.5 Å². The summed E-state index contributed by atoms with van der Waals surface area (Å²) < 4.78 is 6.80. The Kier molecular flexibility index (Phi) is 3.36. The minimum atomic E-state index is 0.587. The zero-order chi connectivity index (χ0) is 13.2. The number of aryl methyl sites for hydroxylation is 1.